The molecule has 1 aromatic carbocycles. The van der Waals surface area contributed by atoms with Crippen molar-refractivity contribution < 1.29 is 19.0 Å². The summed E-state index contributed by atoms with van der Waals surface area (Å²) >= 11 is 12.1. The number of ether oxygens (including phenoxy) is 3. The Morgan fingerprint density at radius 3 is 2.62 bits per heavy atom. The Hall–Kier alpha value is -1.97. The number of carbonyl (C=O) groups is 1. The minimum absolute atomic E-state index is 0.0680. The number of carbonyl (C=O) groups excluding carboxylic acids is 1. The maximum absolute atomic E-state index is 13.2. The van der Waals surface area contributed by atoms with Crippen LogP contribution in [0.2, 0.25) is 10.0 Å². The summed E-state index contributed by atoms with van der Waals surface area (Å²) in [5, 5.41) is 4.78. The first kappa shape index (κ1) is 25.1. The summed E-state index contributed by atoms with van der Waals surface area (Å²) in [5.74, 6) is 0.269. The van der Waals surface area contributed by atoms with Gasteiger partial charge in [-0.25, -0.2) is 9.97 Å². The zero-order valence-corrected chi connectivity index (χ0v) is 20.9. The molecule has 2 aliphatic heterocycles. The first-order valence-corrected chi connectivity index (χ1v) is 12.3. The van der Waals surface area contributed by atoms with Crippen molar-refractivity contribution >= 4 is 29.1 Å². The van der Waals surface area contributed by atoms with E-state index in [4.69, 9.17) is 37.4 Å². The van der Waals surface area contributed by atoms with Crippen LogP contribution in [0, 0.1) is 6.92 Å². The fourth-order valence-corrected chi connectivity index (χ4v) is 5.05. The molecule has 10 heteroatoms. The molecule has 2 fully saturated rings. The van der Waals surface area contributed by atoms with Crippen molar-refractivity contribution in [1.82, 2.24) is 20.2 Å². The molecular weight excluding hydrogens is 479 g/mol. The summed E-state index contributed by atoms with van der Waals surface area (Å²) in [6.45, 7) is 4.73. The molecule has 34 heavy (non-hydrogen) atoms. The van der Waals surface area contributed by atoms with E-state index < -0.39 is 0 Å². The number of hydrogen-bond acceptors (Lipinski definition) is 7. The Balaban J connectivity index is 1.34. The number of likely N-dealkylation sites (tertiary alicyclic amines) is 1. The molecule has 1 N–H and O–H groups in total. The number of piperidine rings is 1. The predicted octanol–water partition coefficient (Wildman–Crippen LogP) is 3.67. The van der Waals surface area contributed by atoms with Crippen LogP contribution in [-0.4, -0.2) is 72.4 Å². The van der Waals surface area contributed by atoms with Crippen LogP contribution in [0.15, 0.2) is 24.5 Å². The zero-order valence-electron chi connectivity index (χ0n) is 19.4. The summed E-state index contributed by atoms with van der Waals surface area (Å²) in [7, 11) is 1.72. The van der Waals surface area contributed by atoms with Crippen molar-refractivity contribution in [3.8, 4) is 5.88 Å². The number of aromatic nitrogens is 2. The average molecular weight is 509 g/mol. The summed E-state index contributed by atoms with van der Waals surface area (Å²) in [4.78, 5) is 23.5. The van der Waals surface area contributed by atoms with Crippen LogP contribution in [0.5, 0.6) is 5.88 Å². The van der Waals surface area contributed by atoms with Gasteiger partial charge in [0.1, 0.15) is 18.6 Å². The number of methoxy groups -OCH3 is 1. The topological polar surface area (TPSA) is 85.8 Å². The van der Waals surface area contributed by atoms with Crippen LogP contribution < -0.4 is 10.1 Å². The number of benzene rings is 1. The second kappa shape index (κ2) is 11.6. The van der Waals surface area contributed by atoms with Gasteiger partial charge >= 0.3 is 0 Å². The van der Waals surface area contributed by atoms with Gasteiger partial charge in [0.2, 0.25) is 5.88 Å². The Labute approximate surface area is 209 Å². The van der Waals surface area contributed by atoms with Crippen LogP contribution in [0.4, 0.5) is 0 Å². The summed E-state index contributed by atoms with van der Waals surface area (Å²) in [6, 6.07) is 5.86. The van der Waals surface area contributed by atoms with Gasteiger partial charge in [0.25, 0.3) is 5.91 Å². The van der Waals surface area contributed by atoms with Crippen molar-refractivity contribution in [3.63, 3.8) is 0 Å². The van der Waals surface area contributed by atoms with Crippen LogP contribution >= 0.6 is 23.2 Å². The van der Waals surface area contributed by atoms with Crippen molar-refractivity contribution in [1.29, 1.82) is 0 Å². The van der Waals surface area contributed by atoms with E-state index in [2.05, 4.69) is 15.3 Å². The van der Waals surface area contributed by atoms with E-state index in [1.165, 1.54) is 6.33 Å². The highest BCUT2D eigenvalue weighted by molar-refractivity contribution is 6.34. The molecule has 2 saturated heterocycles. The van der Waals surface area contributed by atoms with Crippen LogP contribution in [0.1, 0.15) is 40.9 Å². The van der Waals surface area contributed by atoms with Crippen molar-refractivity contribution in [2.45, 2.75) is 51.0 Å². The van der Waals surface area contributed by atoms with E-state index in [1.54, 1.807) is 32.2 Å². The van der Waals surface area contributed by atoms with E-state index in [9.17, 15) is 4.79 Å². The molecule has 3 heterocycles. The highest BCUT2D eigenvalue weighted by atomic mass is 35.5. The molecule has 1 aromatic heterocycles. The molecule has 0 bridgehead atoms. The molecule has 0 aliphatic carbocycles. The Morgan fingerprint density at radius 2 is 1.91 bits per heavy atom. The third-order valence-corrected chi connectivity index (χ3v) is 6.81. The fourth-order valence-electron chi connectivity index (χ4n) is 4.48. The lowest BCUT2D eigenvalue weighted by atomic mass is 9.99. The maximum Gasteiger partial charge on any atom is 0.272 e. The quantitative estimate of drug-likeness (QED) is 0.610. The Bertz CT molecular complexity index is 981. The van der Waals surface area contributed by atoms with E-state index in [1.807, 2.05) is 4.90 Å². The van der Waals surface area contributed by atoms with Crippen LogP contribution in [0.3, 0.4) is 0 Å². The second-order valence-electron chi connectivity index (χ2n) is 8.70. The average Bonchev–Trinajstić information content (AvgIpc) is 2.83. The SMILES string of the molecule is COC1COCCC1NC1CCN(C(=O)c2ncnc(OCc3cc(Cl)cc(Cl)c3)c2C)CC1. The van der Waals surface area contributed by atoms with Gasteiger partial charge in [-0.2, -0.15) is 0 Å². The predicted molar refractivity (Wildman–Crippen MR) is 130 cm³/mol. The fraction of sp³-hybridized carbons (Fsp3) is 0.542. The lowest BCUT2D eigenvalue weighted by Crippen LogP contribution is -2.54. The summed E-state index contributed by atoms with van der Waals surface area (Å²) < 4.78 is 16.9. The number of halogens is 2. The first-order valence-electron chi connectivity index (χ1n) is 11.5. The zero-order chi connectivity index (χ0) is 24.1. The molecular formula is C24H30Cl2N4O4. The highest BCUT2D eigenvalue weighted by Gasteiger charge is 2.31. The van der Waals surface area contributed by atoms with E-state index in [-0.39, 0.29) is 24.7 Å². The molecule has 2 unspecified atom stereocenters. The van der Waals surface area contributed by atoms with Gasteiger partial charge in [0.15, 0.2) is 0 Å². The van der Waals surface area contributed by atoms with Gasteiger partial charge < -0.3 is 24.4 Å². The van der Waals surface area contributed by atoms with Gasteiger partial charge in [-0.3, -0.25) is 4.79 Å². The third-order valence-electron chi connectivity index (χ3n) is 6.38. The molecule has 2 aromatic rings. The molecule has 4 rings (SSSR count). The van der Waals surface area contributed by atoms with E-state index >= 15 is 0 Å². The number of amides is 1. The molecule has 0 radical (unpaired) electrons. The summed E-state index contributed by atoms with van der Waals surface area (Å²) in [5.41, 5.74) is 1.80. The minimum atomic E-state index is -0.102. The number of hydrogen-bond donors (Lipinski definition) is 1. The molecule has 0 saturated carbocycles. The normalized spacial score (nSPS) is 21.5. The minimum Gasteiger partial charge on any atom is -0.473 e. The molecule has 2 aliphatic rings. The number of rotatable bonds is 7. The van der Waals surface area contributed by atoms with E-state index in [0.717, 1.165) is 31.4 Å². The molecule has 8 nitrogen and oxygen atoms in total. The van der Waals surface area contributed by atoms with Crippen LogP contribution in [-0.2, 0) is 16.1 Å². The Kier molecular flexibility index (Phi) is 8.60. The van der Waals surface area contributed by atoms with Gasteiger partial charge in [-0.1, -0.05) is 23.2 Å². The monoisotopic (exact) mass is 508 g/mol. The second-order valence-corrected chi connectivity index (χ2v) is 9.57. The molecule has 2 atom stereocenters. The number of nitrogens with one attached hydrogen (secondary N) is 1. The van der Waals surface area contributed by atoms with Gasteiger partial charge in [-0.05, 0) is 49.9 Å². The van der Waals surface area contributed by atoms with Gasteiger partial charge in [0, 0.05) is 54.5 Å². The molecule has 1 amide bonds. The molecule has 184 valence electrons. The third kappa shape index (κ3) is 6.17. The smallest absolute Gasteiger partial charge is 0.272 e. The Morgan fingerprint density at radius 1 is 1.18 bits per heavy atom. The lowest BCUT2D eigenvalue weighted by Gasteiger charge is -2.38. The molecule has 0 spiro atoms. The first-order chi connectivity index (χ1) is 16.4. The van der Waals surface area contributed by atoms with Crippen molar-refractivity contribution in [2.75, 3.05) is 33.4 Å². The van der Waals surface area contributed by atoms with Crippen LogP contribution in [0.25, 0.3) is 0 Å². The largest absolute Gasteiger partial charge is 0.473 e. The van der Waals surface area contributed by atoms with Crippen molar-refractivity contribution in [3.05, 3.63) is 51.4 Å². The van der Waals surface area contributed by atoms with E-state index in [0.29, 0.717) is 52.9 Å². The van der Waals surface area contributed by atoms with Crippen molar-refractivity contribution in [2.24, 2.45) is 0 Å². The summed E-state index contributed by atoms with van der Waals surface area (Å²) in [6.07, 6.45) is 4.12. The lowest BCUT2D eigenvalue weighted by molar-refractivity contribution is -0.0533. The standard InChI is InChI=1S/C24H30Cl2N4O4/c1-15-22(27-14-28-23(15)34-12-16-9-17(25)11-18(26)10-16)24(31)30-6-3-19(4-7-30)29-20-5-8-33-13-21(20)32-2/h9-11,14,19-21,29H,3-8,12-13H2,1-2H3. The van der Waals surface area contributed by atoms with Gasteiger partial charge in [-0.15, -0.1) is 0 Å². The maximum atomic E-state index is 13.2. The van der Waals surface area contributed by atoms with Gasteiger partial charge in [0.05, 0.1) is 12.7 Å². The highest BCUT2D eigenvalue weighted by Crippen LogP contribution is 2.24. The number of nitrogens with zero attached hydrogens (tertiary/aromatic N) is 3.